The Morgan fingerprint density at radius 2 is 1.86 bits per heavy atom. The van der Waals surface area contributed by atoms with E-state index in [0.717, 1.165) is 6.42 Å². The third kappa shape index (κ3) is 1.30. The second kappa shape index (κ2) is 2.98. The van der Waals surface area contributed by atoms with Gasteiger partial charge < -0.3 is 0 Å². The first-order chi connectivity index (χ1) is 6.52. The zero-order chi connectivity index (χ0) is 10.3. The third-order valence-electron chi connectivity index (χ3n) is 3.37. The van der Waals surface area contributed by atoms with Crippen LogP contribution in [0, 0.1) is 13.8 Å². The summed E-state index contributed by atoms with van der Waals surface area (Å²) in [6.45, 7) is 9.11. The lowest BCUT2D eigenvalue weighted by atomic mass is 9.73. The van der Waals surface area contributed by atoms with E-state index < -0.39 is 0 Å². The molecule has 0 heterocycles. The largest absolute Gasteiger partial charge is 0.0831 e. The minimum absolute atomic E-state index is 0.306. The van der Waals surface area contributed by atoms with Crippen molar-refractivity contribution >= 4 is 6.08 Å². The number of allylic oxidation sites excluding steroid dienone is 1. The molecule has 1 aliphatic carbocycles. The van der Waals surface area contributed by atoms with Crippen LogP contribution in [0.3, 0.4) is 0 Å². The lowest BCUT2D eigenvalue weighted by Gasteiger charge is -2.31. The van der Waals surface area contributed by atoms with Crippen molar-refractivity contribution in [3.05, 3.63) is 40.5 Å². The lowest BCUT2D eigenvalue weighted by molar-refractivity contribution is 0.525. The Morgan fingerprint density at radius 1 is 1.14 bits per heavy atom. The Morgan fingerprint density at radius 3 is 2.57 bits per heavy atom. The lowest BCUT2D eigenvalue weighted by Crippen LogP contribution is -2.21. The van der Waals surface area contributed by atoms with Gasteiger partial charge in [0.05, 0.1) is 0 Å². The van der Waals surface area contributed by atoms with Crippen LogP contribution >= 0.6 is 0 Å². The summed E-state index contributed by atoms with van der Waals surface area (Å²) < 4.78 is 0. The molecule has 0 heteroatoms. The highest BCUT2D eigenvalue weighted by Gasteiger charge is 2.26. The van der Waals surface area contributed by atoms with Gasteiger partial charge in [-0.05, 0) is 47.9 Å². The number of hydrogen-bond donors (Lipinski definition) is 0. The molecule has 1 aromatic carbocycles. The molecule has 1 aromatic rings. The highest BCUT2D eigenvalue weighted by Crippen LogP contribution is 2.37. The van der Waals surface area contributed by atoms with Gasteiger partial charge in [0, 0.05) is 0 Å². The van der Waals surface area contributed by atoms with Crippen LogP contribution in [0.15, 0.2) is 18.2 Å². The quantitative estimate of drug-likeness (QED) is 0.574. The molecular weight excluding hydrogens is 168 g/mol. The van der Waals surface area contributed by atoms with Crippen molar-refractivity contribution in [1.82, 2.24) is 0 Å². The van der Waals surface area contributed by atoms with Gasteiger partial charge in [0.1, 0.15) is 0 Å². The minimum Gasteiger partial charge on any atom is -0.0831 e. The molecule has 0 saturated carbocycles. The van der Waals surface area contributed by atoms with Crippen LogP contribution in [-0.4, -0.2) is 0 Å². The van der Waals surface area contributed by atoms with E-state index in [9.17, 15) is 0 Å². The maximum absolute atomic E-state index is 2.34. The molecule has 0 fully saturated rings. The molecule has 0 spiro atoms. The molecule has 0 nitrogen and oxygen atoms in total. The number of hydrogen-bond acceptors (Lipinski definition) is 0. The van der Waals surface area contributed by atoms with E-state index in [1.807, 2.05) is 0 Å². The Balaban J connectivity index is 2.73. The average Bonchev–Trinajstić information content (AvgIpc) is 2.10. The molecular formula is C14H18. The van der Waals surface area contributed by atoms with Crippen molar-refractivity contribution in [2.24, 2.45) is 0 Å². The first kappa shape index (κ1) is 9.51. The second-order valence-electron chi connectivity index (χ2n) is 4.96. The fourth-order valence-corrected chi connectivity index (χ4v) is 2.46. The standard InChI is InChI=1S/C14H18/c1-10-7-8-12-6-5-9-14(3,4)13(12)11(10)2/h5-8H,9H2,1-4H3. The van der Waals surface area contributed by atoms with Gasteiger partial charge in [-0.1, -0.05) is 38.1 Å². The van der Waals surface area contributed by atoms with Crippen molar-refractivity contribution < 1.29 is 0 Å². The van der Waals surface area contributed by atoms with Crippen LogP contribution in [0.1, 0.15) is 42.5 Å². The van der Waals surface area contributed by atoms with Crippen LogP contribution in [0.25, 0.3) is 6.08 Å². The number of aryl methyl sites for hydroxylation is 1. The van der Waals surface area contributed by atoms with Gasteiger partial charge in [-0.25, -0.2) is 0 Å². The van der Waals surface area contributed by atoms with Crippen molar-refractivity contribution in [2.75, 3.05) is 0 Å². The molecule has 2 rings (SSSR count). The maximum Gasteiger partial charge on any atom is -0.00603 e. The molecule has 0 bridgehead atoms. The van der Waals surface area contributed by atoms with Gasteiger partial charge in [-0.3, -0.25) is 0 Å². The smallest absolute Gasteiger partial charge is 0.00603 e. The minimum atomic E-state index is 0.306. The summed E-state index contributed by atoms with van der Waals surface area (Å²) in [7, 11) is 0. The summed E-state index contributed by atoms with van der Waals surface area (Å²) in [6, 6.07) is 4.47. The van der Waals surface area contributed by atoms with E-state index in [1.54, 1.807) is 5.56 Å². The van der Waals surface area contributed by atoms with E-state index in [0.29, 0.717) is 5.41 Å². The fraction of sp³-hybridized carbons (Fsp3) is 0.429. The third-order valence-corrected chi connectivity index (χ3v) is 3.37. The summed E-state index contributed by atoms with van der Waals surface area (Å²) in [5.41, 5.74) is 6.13. The Hall–Kier alpha value is -1.04. The number of fused-ring (bicyclic) bond motifs is 1. The molecule has 0 N–H and O–H groups in total. The van der Waals surface area contributed by atoms with Gasteiger partial charge in [0.2, 0.25) is 0 Å². The first-order valence-electron chi connectivity index (χ1n) is 5.29. The van der Waals surface area contributed by atoms with Crippen LogP contribution in [0.4, 0.5) is 0 Å². The zero-order valence-corrected chi connectivity index (χ0v) is 9.52. The van der Waals surface area contributed by atoms with E-state index in [4.69, 9.17) is 0 Å². The van der Waals surface area contributed by atoms with Crippen molar-refractivity contribution in [3.8, 4) is 0 Å². The Labute approximate surface area is 86.7 Å². The Kier molecular flexibility index (Phi) is 2.02. The van der Waals surface area contributed by atoms with Gasteiger partial charge in [0.15, 0.2) is 0 Å². The SMILES string of the molecule is Cc1ccc2c(c1C)C(C)(C)CC=C2. The van der Waals surface area contributed by atoms with Crippen LogP contribution in [0.2, 0.25) is 0 Å². The summed E-state index contributed by atoms with van der Waals surface area (Å²) in [4.78, 5) is 0. The highest BCUT2D eigenvalue weighted by molar-refractivity contribution is 5.62. The molecule has 0 aliphatic heterocycles. The van der Waals surface area contributed by atoms with Gasteiger partial charge in [0.25, 0.3) is 0 Å². The van der Waals surface area contributed by atoms with E-state index in [-0.39, 0.29) is 0 Å². The molecule has 0 unspecified atom stereocenters. The van der Waals surface area contributed by atoms with Crippen LogP contribution < -0.4 is 0 Å². The number of rotatable bonds is 0. The van der Waals surface area contributed by atoms with Crippen molar-refractivity contribution in [3.63, 3.8) is 0 Å². The monoisotopic (exact) mass is 186 g/mol. The fourth-order valence-electron chi connectivity index (χ4n) is 2.46. The van der Waals surface area contributed by atoms with E-state index in [2.05, 4.69) is 52.0 Å². The van der Waals surface area contributed by atoms with Gasteiger partial charge in [-0.15, -0.1) is 0 Å². The van der Waals surface area contributed by atoms with Gasteiger partial charge in [-0.2, -0.15) is 0 Å². The molecule has 0 aromatic heterocycles. The Bertz CT molecular complexity index is 395. The summed E-state index contributed by atoms with van der Waals surface area (Å²) >= 11 is 0. The topological polar surface area (TPSA) is 0 Å². The van der Waals surface area contributed by atoms with Crippen LogP contribution in [-0.2, 0) is 5.41 Å². The van der Waals surface area contributed by atoms with E-state index >= 15 is 0 Å². The molecule has 0 amide bonds. The van der Waals surface area contributed by atoms with Crippen LogP contribution in [0.5, 0.6) is 0 Å². The molecule has 14 heavy (non-hydrogen) atoms. The molecule has 74 valence electrons. The van der Waals surface area contributed by atoms with Crippen molar-refractivity contribution in [1.29, 1.82) is 0 Å². The zero-order valence-electron chi connectivity index (χ0n) is 9.52. The normalized spacial score (nSPS) is 18.0. The maximum atomic E-state index is 2.34. The molecule has 0 radical (unpaired) electrons. The first-order valence-corrected chi connectivity index (χ1v) is 5.29. The van der Waals surface area contributed by atoms with Crippen molar-refractivity contribution in [2.45, 2.75) is 39.5 Å². The summed E-state index contributed by atoms with van der Waals surface area (Å²) in [6.07, 6.45) is 5.70. The highest BCUT2D eigenvalue weighted by atomic mass is 14.3. The predicted octanol–water partition coefficient (Wildman–Crippen LogP) is 4.00. The molecule has 0 saturated heterocycles. The molecule has 0 atom stereocenters. The average molecular weight is 186 g/mol. The predicted molar refractivity (Wildman–Crippen MR) is 62.6 cm³/mol. The van der Waals surface area contributed by atoms with E-state index in [1.165, 1.54) is 16.7 Å². The summed E-state index contributed by atoms with van der Waals surface area (Å²) in [5, 5.41) is 0. The second-order valence-corrected chi connectivity index (χ2v) is 4.96. The number of benzene rings is 1. The molecule has 1 aliphatic rings. The van der Waals surface area contributed by atoms with Gasteiger partial charge >= 0.3 is 0 Å². The summed E-state index contributed by atoms with van der Waals surface area (Å²) in [5.74, 6) is 0.